The normalized spacial score (nSPS) is 13.3. The topological polar surface area (TPSA) is 36.0 Å². The molecular weight excluding hydrogens is 410 g/mol. The van der Waals surface area contributed by atoms with Crippen LogP contribution in [0, 0.1) is 0 Å². The third-order valence-corrected chi connectivity index (χ3v) is 5.95. The van der Waals surface area contributed by atoms with E-state index in [0.29, 0.717) is 0 Å². The molecule has 0 radical (unpaired) electrons. The number of carbonyl (C=O) groups excluding carboxylic acids is 1. The monoisotopic (exact) mass is 441 g/mol. The largest absolute Gasteiger partial charge is 0.341 e. The molecule has 0 atom stereocenters. The minimum Gasteiger partial charge on any atom is -0.341 e. The van der Waals surface area contributed by atoms with Gasteiger partial charge in [-0.1, -0.05) is 41.9 Å². The number of anilines is 2. The molecule has 2 aromatic carbocycles. The second kappa shape index (κ2) is 11.3. The molecule has 1 aliphatic heterocycles. The van der Waals surface area contributed by atoms with Gasteiger partial charge in [0.1, 0.15) is 0 Å². The fraction of sp³-hybridized carbons (Fsp3) is 0.400. The van der Waals surface area contributed by atoms with E-state index < -0.39 is 0 Å². The van der Waals surface area contributed by atoms with E-state index in [4.69, 9.17) is 16.4 Å². The Morgan fingerprint density at radius 1 is 1.10 bits per heavy atom. The van der Waals surface area contributed by atoms with Crippen molar-refractivity contribution in [1.82, 2.24) is 9.96 Å². The lowest BCUT2D eigenvalue weighted by Crippen LogP contribution is -2.25. The number of para-hydroxylation sites is 1. The molecule has 0 aromatic heterocycles. The van der Waals surface area contributed by atoms with Gasteiger partial charge in [0, 0.05) is 42.6 Å². The van der Waals surface area contributed by atoms with Crippen molar-refractivity contribution in [2.75, 3.05) is 45.7 Å². The number of hydrogen-bond acceptors (Lipinski definition) is 4. The summed E-state index contributed by atoms with van der Waals surface area (Å²) < 4.78 is 0. The Kier molecular flexibility index (Phi) is 8.52. The molecule has 0 spiro atoms. The molecule has 0 saturated heterocycles. The number of amides is 1. The summed E-state index contributed by atoms with van der Waals surface area (Å²) in [4.78, 5) is 21.3. The second-order valence-corrected chi connectivity index (χ2v) is 8.38. The standard InChI is InChI=1S/C25H32ClN3O2/c1-27(17-8-11-25(30)28(2)31-3)16-6-7-18-29-23-10-5-4-9-20(23)12-13-21-14-15-22(26)19-24(21)29/h4-5,8-11,14-15,19H,6-7,12-13,16-18H2,1-3H3/b11-8+. The molecule has 5 nitrogen and oxygen atoms in total. The van der Waals surface area contributed by atoms with Gasteiger partial charge in [-0.05, 0) is 68.6 Å². The van der Waals surface area contributed by atoms with E-state index in [1.54, 1.807) is 13.1 Å². The first-order valence-corrected chi connectivity index (χ1v) is 11.2. The lowest BCUT2D eigenvalue weighted by Gasteiger charge is -2.27. The number of likely N-dealkylation sites (N-methyl/N-ethyl adjacent to an activating group) is 2. The number of unbranched alkanes of at least 4 members (excludes halogenated alkanes) is 1. The Bertz CT molecular complexity index is 915. The molecule has 0 saturated carbocycles. The van der Waals surface area contributed by atoms with E-state index in [9.17, 15) is 4.79 Å². The van der Waals surface area contributed by atoms with Crippen LogP contribution in [-0.4, -0.2) is 56.7 Å². The van der Waals surface area contributed by atoms with Crippen molar-refractivity contribution >= 4 is 28.9 Å². The molecule has 1 amide bonds. The van der Waals surface area contributed by atoms with Crippen LogP contribution in [0.1, 0.15) is 24.0 Å². The summed E-state index contributed by atoms with van der Waals surface area (Å²) in [7, 11) is 5.15. The summed E-state index contributed by atoms with van der Waals surface area (Å²) in [5, 5.41) is 1.99. The zero-order valence-corrected chi connectivity index (χ0v) is 19.4. The van der Waals surface area contributed by atoms with E-state index >= 15 is 0 Å². The minimum absolute atomic E-state index is 0.159. The Hall–Kier alpha value is -2.34. The SMILES string of the molecule is CON(C)C(=O)/C=C/CN(C)CCCCN1c2ccccc2CCc2ccc(Cl)cc21. The van der Waals surface area contributed by atoms with Crippen molar-refractivity contribution in [3.63, 3.8) is 0 Å². The molecule has 0 bridgehead atoms. The molecule has 166 valence electrons. The van der Waals surface area contributed by atoms with Crippen LogP contribution in [0.4, 0.5) is 11.4 Å². The van der Waals surface area contributed by atoms with Crippen molar-refractivity contribution in [3.8, 4) is 0 Å². The predicted octanol–water partition coefficient (Wildman–Crippen LogP) is 4.86. The number of aryl methyl sites for hydroxylation is 2. The summed E-state index contributed by atoms with van der Waals surface area (Å²) in [6.07, 6.45) is 7.65. The Morgan fingerprint density at radius 3 is 2.61 bits per heavy atom. The molecular formula is C25H32ClN3O2. The minimum atomic E-state index is -0.159. The number of benzene rings is 2. The average Bonchev–Trinajstić information content (AvgIpc) is 2.92. The predicted molar refractivity (Wildman–Crippen MR) is 128 cm³/mol. The molecule has 1 aliphatic rings. The van der Waals surface area contributed by atoms with Gasteiger partial charge in [-0.2, -0.15) is 0 Å². The molecule has 0 aliphatic carbocycles. The van der Waals surface area contributed by atoms with Crippen molar-refractivity contribution in [2.45, 2.75) is 25.7 Å². The molecule has 0 fully saturated rings. The summed E-state index contributed by atoms with van der Waals surface area (Å²) in [5.74, 6) is -0.159. The van der Waals surface area contributed by atoms with Crippen molar-refractivity contribution in [1.29, 1.82) is 0 Å². The highest BCUT2D eigenvalue weighted by Crippen LogP contribution is 2.37. The lowest BCUT2D eigenvalue weighted by atomic mass is 10.0. The van der Waals surface area contributed by atoms with Gasteiger partial charge >= 0.3 is 0 Å². The number of hydroxylamine groups is 2. The molecule has 3 rings (SSSR count). The maximum atomic E-state index is 11.7. The Morgan fingerprint density at radius 2 is 1.84 bits per heavy atom. The van der Waals surface area contributed by atoms with Gasteiger partial charge in [-0.3, -0.25) is 9.63 Å². The van der Waals surface area contributed by atoms with Gasteiger partial charge in [0.15, 0.2) is 0 Å². The number of nitrogens with zero attached hydrogens (tertiary/aromatic N) is 3. The van der Waals surface area contributed by atoms with Crippen LogP contribution in [0.5, 0.6) is 0 Å². The van der Waals surface area contributed by atoms with Crippen LogP contribution >= 0.6 is 11.6 Å². The zero-order valence-electron chi connectivity index (χ0n) is 18.7. The number of carbonyl (C=O) groups is 1. The van der Waals surface area contributed by atoms with Gasteiger partial charge in [0.05, 0.1) is 7.11 Å². The van der Waals surface area contributed by atoms with E-state index in [2.05, 4.69) is 53.2 Å². The summed E-state index contributed by atoms with van der Waals surface area (Å²) >= 11 is 6.35. The third-order valence-electron chi connectivity index (χ3n) is 5.72. The maximum Gasteiger partial charge on any atom is 0.269 e. The van der Waals surface area contributed by atoms with Crippen LogP contribution in [-0.2, 0) is 22.5 Å². The van der Waals surface area contributed by atoms with Crippen molar-refractivity contribution in [2.24, 2.45) is 0 Å². The maximum absolute atomic E-state index is 11.7. The van der Waals surface area contributed by atoms with E-state index in [0.717, 1.165) is 50.3 Å². The van der Waals surface area contributed by atoms with Crippen LogP contribution in [0.25, 0.3) is 0 Å². The molecule has 31 heavy (non-hydrogen) atoms. The number of halogens is 1. The summed E-state index contributed by atoms with van der Waals surface area (Å²) in [6.45, 7) is 2.65. The van der Waals surface area contributed by atoms with Crippen LogP contribution in [0.2, 0.25) is 5.02 Å². The number of hydrogen-bond donors (Lipinski definition) is 0. The molecule has 0 unspecified atom stereocenters. The highest BCUT2D eigenvalue weighted by atomic mass is 35.5. The highest BCUT2D eigenvalue weighted by molar-refractivity contribution is 6.30. The molecule has 2 aromatic rings. The number of rotatable bonds is 9. The van der Waals surface area contributed by atoms with Crippen LogP contribution < -0.4 is 4.90 Å². The second-order valence-electron chi connectivity index (χ2n) is 7.94. The Balaban J connectivity index is 1.57. The first-order valence-electron chi connectivity index (χ1n) is 10.8. The van der Waals surface area contributed by atoms with Gasteiger partial charge in [-0.15, -0.1) is 0 Å². The van der Waals surface area contributed by atoms with Gasteiger partial charge in [0.25, 0.3) is 5.91 Å². The zero-order chi connectivity index (χ0) is 22.2. The van der Waals surface area contributed by atoms with Gasteiger partial charge < -0.3 is 9.80 Å². The van der Waals surface area contributed by atoms with Gasteiger partial charge in [0.2, 0.25) is 0 Å². The van der Waals surface area contributed by atoms with Gasteiger partial charge in [-0.25, -0.2) is 5.06 Å². The first-order chi connectivity index (χ1) is 15.0. The first kappa shape index (κ1) is 23.3. The van der Waals surface area contributed by atoms with Crippen LogP contribution in [0.15, 0.2) is 54.6 Å². The fourth-order valence-corrected chi connectivity index (χ4v) is 4.06. The van der Waals surface area contributed by atoms with Crippen LogP contribution in [0.3, 0.4) is 0 Å². The average molecular weight is 442 g/mol. The van der Waals surface area contributed by atoms with Crippen molar-refractivity contribution in [3.05, 3.63) is 70.8 Å². The quantitative estimate of drug-likeness (QED) is 0.316. The summed E-state index contributed by atoms with van der Waals surface area (Å²) in [5.41, 5.74) is 5.27. The summed E-state index contributed by atoms with van der Waals surface area (Å²) in [6, 6.07) is 14.9. The smallest absolute Gasteiger partial charge is 0.269 e. The fourth-order valence-electron chi connectivity index (χ4n) is 3.90. The molecule has 0 N–H and O–H groups in total. The van der Waals surface area contributed by atoms with E-state index in [1.807, 2.05) is 12.1 Å². The molecule has 1 heterocycles. The number of fused-ring (bicyclic) bond motifs is 2. The van der Waals surface area contributed by atoms with E-state index in [1.165, 1.54) is 34.7 Å². The van der Waals surface area contributed by atoms with Crippen molar-refractivity contribution < 1.29 is 9.63 Å². The molecule has 6 heteroatoms. The van der Waals surface area contributed by atoms with E-state index in [-0.39, 0.29) is 5.91 Å². The third kappa shape index (κ3) is 6.33. The lowest BCUT2D eigenvalue weighted by molar-refractivity contribution is -0.162. The highest BCUT2D eigenvalue weighted by Gasteiger charge is 2.20. The Labute approximate surface area is 190 Å².